The van der Waals surface area contributed by atoms with E-state index in [1.165, 1.54) is 4.57 Å². The largest absolute Gasteiger partial charge is 0.386 e. The fraction of sp³-hybridized carbons (Fsp3) is 0.667. The second-order valence-electron chi connectivity index (χ2n) is 4.95. The smallest absolute Gasteiger partial charge is 0.307 e. The van der Waals surface area contributed by atoms with Crippen molar-refractivity contribution in [1.29, 1.82) is 0 Å². The number of amides is 1. The third kappa shape index (κ3) is 2.49. The van der Waals surface area contributed by atoms with Crippen molar-refractivity contribution < 1.29 is 9.90 Å². The first kappa shape index (κ1) is 13.3. The number of β-amino-alcohol motifs (C(OH)–C–C–N with tert-alkyl or cyclic N) is 1. The molecule has 18 heavy (non-hydrogen) atoms. The summed E-state index contributed by atoms with van der Waals surface area (Å²) in [5.74, 6) is -0.0978. The van der Waals surface area contributed by atoms with Gasteiger partial charge in [-0.1, -0.05) is 24.7 Å². The van der Waals surface area contributed by atoms with Gasteiger partial charge in [0, 0.05) is 11.1 Å². The molecule has 1 N–H and O–H groups in total. The number of likely N-dealkylation sites (tertiary alicyclic amines) is 1. The lowest BCUT2D eigenvalue weighted by Crippen LogP contribution is -2.64. The van der Waals surface area contributed by atoms with E-state index in [-0.39, 0.29) is 17.3 Å². The van der Waals surface area contributed by atoms with Gasteiger partial charge in [0.05, 0.1) is 18.7 Å². The molecule has 100 valence electrons. The SMILES string of the molecule is CCCC1(O)CN(C(=O)Cn2c(C)csc2=O)C1. The summed E-state index contributed by atoms with van der Waals surface area (Å²) in [5, 5.41) is 11.8. The third-order valence-corrected chi connectivity index (χ3v) is 4.19. The molecule has 1 saturated heterocycles. The minimum Gasteiger partial charge on any atom is -0.386 e. The predicted octanol–water partition coefficient (Wildman–Crippen LogP) is 0.592. The highest BCUT2D eigenvalue weighted by molar-refractivity contribution is 7.07. The van der Waals surface area contributed by atoms with Crippen molar-refractivity contribution in [3.8, 4) is 0 Å². The minimum absolute atomic E-state index is 0.0797. The fourth-order valence-electron chi connectivity index (χ4n) is 2.30. The van der Waals surface area contributed by atoms with E-state index in [1.807, 2.05) is 13.8 Å². The summed E-state index contributed by atoms with van der Waals surface area (Å²) in [6.45, 7) is 4.68. The quantitative estimate of drug-likeness (QED) is 0.871. The zero-order valence-electron chi connectivity index (χ0n) is 10.7. The Morgan fingerprint density at radius 2 is 2.22 bits per heavy atom. The summed E-state index contributed by atoms with van der Waals surface area (Å²) in [5.41, 5.74) is 0.0988. The first-order valence-corrected chi connectivity index (χ1v) is 6.98. The molecule has 0 unspecified atom stereocenters. The zero-order chi connectivity index (χ0) is 13.3. The predicted molar refractivity (Wildman–Crippen MR) is 69.8 cm³/mol. The summed E-state index contributed by atoms with van der Waals surface area (Å²) in [7, 11) is 0. The number of aromatic nitrogens is 1. The van der Waals surface area contributed by atoms with Crippen molar-refractivity contribution in [3.63, 3.8) is 0 Å². The van der Waals surface area contributed by atoms with Crippen LogP contribution < -0.4 is 4.87 Å². The summed E-state index contributed by atoms with van der Waals surface area (Å²) < 4.78 is 1.48. The van der Waals surface area contributed by atoms with Crippen LogP contribution in [0.3, 0.4) is 0 Å². The fourth-order valence-corrected chi connectivity index (χ4v) is 3.03. The Hall–Kier alpha value is -1.14. The highest BCUT2D eigenvalue weighted by atomic mass is 32.1. The molecule has 2 heterocycles. The maximum Gasteiger partial charge on any atom is 0.307 e. The lowest BCUT2D eigenvalue weighted by Gasteiger charge is -2.46. The summed E-state index contributed by atoms with van der Waals surface area (Å²) >= 11 is 1.11. The number of hydrogen-bond acceptors (Lipinski definition) is 4. The second-order valence-corrected chi connectivity index (χ2v) is 5.77. The molecule has 1 fully saturated rings. The van der Waals surface area contributed by atoms with Crippen molar-refractivity contribution in [1.82, 2.24) is 9.47 Å². The molecule has 0 atom stereocenters. The molecule has 1 aliphatic rings. The number of aliphatic hydroxyl groups is 1. The Kier molecular flexibility index (Phi) is 3.59. The first-order valence-electron chi connectivity index (χ1n) is 6.10. The van der Waals surface area contributed by atoms with Gasteiger partial charge in [-0.15, -0.1) is 0 Å². The first-order chi connectivity index (χ1) is 8.45. The van der Waals surface area contributed by atoms with Crippen LogP contribution in [0.15, 0.2) is 10.2 Å². The van der Waals surface area contributed by atoms with Gasteiger partial charge in [0.2, 0.25) is 5.91 Å². The van der Waals surface area contributed by atoms with Crippen LogP contribution in [-0.2, 0) is 11.3 Å². The van der Waals surface area contributed by atoms with Crippen LogP contribution in [-0.4, -0.2) is 39.2 Å². The van der Waals surface area contributed by atoms with Gasteiger partial charge in [-0.3, -0.25) is 14.2 Å². The van der Waals surface area contributed by atoms with Crippen LogP contribution >= 0.6 is 11.3 Å². The van der Waals surface area contributed by atoms with Gasteiger partial charge in [0.25, 0.3) is 0 Å². The van der Waals surface area contributed by atoms with Gasteiger partial charge in [0.15, 0.2) is 0 Å². The molecule has 5 nitrogen and oxygen atoms in total. The van der Waals surface area contributed by atoms with Crippen LogP contribution in [0.25, 0.3) is 0 Å². The molecule has 0 spiro atoms. The Bertz CT molecular complexity index is 500. The average molecular weight is 270 g/mol. The normalized spacial score (nSPS) is 17.6. The number of rotatable bonds is 4. The van der Waals surface area contributed by atoms with Crippen molar-refractivity contribution in [2.75, 3.05) is 13.1 Å². The molecule has 6 heteroatoms. The maximum atomic E-state index is 11.9. The van der Waals surface area contributed by atoms with E-state index in [2.05, 4.69) is 0 Å². The van der Waals surface area contributed by atoms with E-state index < -0.39 is 5.60 Å². The Morgan fingerprint density at radius 3 is 2.72 bits per heavy atom. The van der Waals surface area contributed by atoms with Crippen molar-refractivity contribution in [3.05, 3.63) is 20.7 Å². The van der Waals surface area contributed by atoms with Gasteiger partial charge >= 0.3 is 4.87 Å². The molecule has 1 aromatic rings. The zero-order valence-corrected chi connectivity index (χ0v) is 11.5. The summed E-state index contributed by atoms with van der Waals surface area (Å²) in [6.07, 6.45) is 1.62. The van der Waals surface area contributed by atoms with Gasteiger partial charge in [-0.05, 0) is 13.3 Å². The number of carbonyl (C=O) groups excluding carboxylic acids is 1. The number of thiazole rings is 1. The molecular weight excluding hydrogens is 252 g/mol. The van der Waals surface area contributed by atoms with Crippen LogP contribution in [0.4, 0.5) is 0 Å². The highest BCUT2D eigenvalue weighted by Gasteiger charge is 2.42. The van der Waals surface area contributed by atoms with Gasteiger partial charge in [0.1, 0.15) is 6.54 Å². The van der Waals surface area contributed by atoms with Crippen LogP contribution in [0.2, 0.25) is 0 Å². The Labute approximate surface area is 110 Å². The molecule has 2 rings (SSSR count). The van der Waals surface area contributed by atoms with Crippen molar-refractivity contribution in [2.45, 2.75) is 38.8 Å². The molecule has 0 radical (unpaired) electrons. The van der Waals surface area contributed by atoms with Crippen molar-refractivity contribution >= 4 is 17.2 Å². The van der Waals surface area contributed by atoms with Crippen LogP contribution in [0, 0.1) is 6.92 Å². The molecule has 1 aromatic heterocycles. The Balaban J connectivity index is 1.94. The Morgan fingerprint density at radius 1 is 1.56 bits per heavy atom. The molecule has 0 aliphatic carbocycles. The third-order valence-electron chi connectivity index (χ3n) is 3.31. The van der Waals surface area contributed by atoms with Crippen molar-refractivity contribution in [2.24, 2.45) is 0 Å². The molecule has 0 saturated carbocycles. The standard InChI is InChI=1S/C12H18N2O3S/c1-3-4-12(17)7-13(8-12)10(15)5-14-9(2)6-18-11(14)16/h6,17H,3-5,7-8H2,1-2H3. The van der Waals surface area contributed by atoms with E-state index in [4.69, 9.17) is 0 Å². The molecule has 0 bridgehead atoms. The number of hydrogen-bond donors (Lipinski definition) is 1. The van der Waals surface area contributed by atoms with E-state index in [0.717, 1.165) is 23.5 Å². The lowest BCUT2D eigenvalue weighted by atomic mass is 9.89. The molecule has 1 aliphatic heterocycles. The van der Waals surface area contributed by atoms with Gasteiger partial charge in [-0.2, -0.15) is 0 Å². The van der Waals surface area contributed by atoms with E-state index in [1.54, 1.807) is 10.3 Å². The van der Waals surface area contributed by atoms with E-state index >= 15 is 0 Å². The summed E-state index contributed by atoms with van der Waals surface area (Å²) in [6, 6.07) is 0. The lowest BCUT2D eigenvalue weighted by molar-refractivity contribution is -0.157. The van der Waals surface area contributed by atoms with Gasteiger partial charge < -0.3 is 10.0 Å². The summed E-state index contributed by atoms with van der Waals surface area (Å²) in [4.78, 5) is 24.9. The monoisotopic (exact) mass is 270 g/mol. The number of carbonyl (C=O) groups is 1. The van der Waals surface area contributed by atoms with Gasteiger partial charge in [-0.25, -0.2) is 0 Å². The molecule has 0 aromatic carbocycles. The van der Waals surface area contributed by atoms with Crippen LogP contribution in [0.5, 0.6) is 0 Å². The molecule has 1 amide bonds. The van der Waals surface area contributed by atoms with E-state index in [0.29, 0.717) is 19.5 Å². The number of aryl methyl sites for hydroxylation is 1. The second kappa shape index (κ2) is 4.85. The minimum atomic E-state index is -0.709. The number of nitrogens with zero attached hydrogens (tertiary/aromatic N) is 2. The average Bonchev–Trinajstić information content (AvgIpc) is 2.57. The topological polar surface area (TPSA) is 62.5 Å². The maximum absolute atomic E-state index is 11.9. The van der Waals surface area contributed by atoms with Crippen LogP contribution in [0.1, 0.15) is 25.5 Å². The molecular formula is C12H18N2O3S. The van der Waals surface area contributed by atoms with E-state index in [9.17, 15) is 14.7 Å². The highest BCUT2D eigenvalue weighted by Crippen LogP contribution is 2.25.